The minimum absolute atomic E-state index is 0. The topological polar surface area (TPSA) is 0 Å². The van der Waals surface area contributed by atoms with Gasteiger partial charge in [-0.25, -0.2) is 0 Å². The van der Waals surface area contributed by atoms with E-state index in [9.17, 15) is 0 Å². The number of halogens is 2. The fraction of sp³-hybridized carbons (Fsp3) is 0.0625. The van der Waals surface area contributed by atoms with Crippen LogP contribution in [0.2, 0.25) is 0 Å². The van der Waals surface area contributed by atoms with Gasteiger partial charge in [0.05, 0.1) is 0 Å². The molecule has 6 aromatic rings. The van der Waals surface area contributed by atoms with Crippen molar-refractivity contribution >= 4 is 21.5 Å². The van der Waals surface area contributed by atoms with Crippen molar-refractivity contribution < 1.29 is 51.0 Å². The van der Waals surface area contributed by atoms with Crippen molar-refractivity contribution in [2.24, 2.45) is 0 Å². The van der Waals surface area contributed by atoms with E-state index in [0.717, 1.165) is 12.8 Å². The van der Waals surface area contributed by atoms with E-state index in [2.05, 4.69) is 121 Å². The fourth-order valence-electron chi connectivity index (χ4n) is 4.99. The predicted octanol–water partition coefficient (Wildman–Crippen LogP) is 2.56. The van der Waals surface area contributed by atoms with Crippen LogP contribution in [0.1, 0.15) is 11.1 Å². The van der Waals surface area contributed by atoms with Gasteiger partial charge in [-0.05, 0) is 29.5 Å². The van der Waals surface area contributed by atoms with Gasteiger partial charge in [0.2, 0.25) is 0 Å². The Bertz CT molecular complexity index is 1530. The van der Waals surface area contributed by atoms with Crippen molar-refractivity contribution in [2.75, 3.05) is 0 Å². The van der Waals surface area contributed by atoms with E-state index in [1.165, 1.54) is 54.9 Å². The number of benzene rings is 4. The summed E-state index contributed by atoms with van der Waals surface area (Å²) >= 11 is 0. The molecule has 0 fully saturated rings. The minimum atomic E-state index is 0. The van der Waals surface area contributed by atoms with Crippen LogP contribution in [0.25, 0.3) is 43.8 Å². The molecule has 0 spiro atoms. The average Bonchev–Trinajstić information content (AvgIpc) is 3.49. The third kappa shape index (κ3) is 5.39. The van der Waals surface area contributed by atoms with E-state index in [4.69, 9.17) is 0 Å². The van der Waals surface area contributed by atoms with Gasteiger partial charge >= 0.3 is 26.2 Å². The summed E-state index contributed by atoms with van der Waals surface area (Å²) in [6, 6.07) is 43.6. The van der Waals surface area contributed by atoms with Gasteiger partial charge in [0, 0.05) is 0 Å². The van der Waals surface area contributed by atoms with Gasteiger partial charge in [0.15, 0.2) is 0 Å². The van der Waals surface area contributed by atoms with Crippen molar-refractivity contribution in [1.29, 1.82) is 0 Å². The van der Waals surface area contributed by atoms with Crippen molar-refractivity contribution in [2.45, 2.75) is 12.8 Å². The maximum atomic E-state index is 2.36. The predicted molar refractivity (Wildman–Crippen MR) is 137 cm³/mol. The van der Waals surface area contributed by atoms with Gasteiger partial charge in [-0.15, -0.1) is 63.5 Å². The summed E-state index contributed by atoms with van der Waals surface area (Å²) in [6.07, 6.45) is 2.31. The summed E-state index contributed by atoms with van der Waals surface area (Å²) in [5, 5.41) is 5.45. The van der Waals surface area contributed by atoms with Crippen LogP contribution in [-0.4, -0.2) is 0 Å². The molecule has 7 rings (SSSR count). The molecule has 0 aliphatic heterocycles. The van der Waals surface area contributed by atoms with Gasteiger partial charge in [-0.1, -0.05) is 77.9 Å². The number of fused-ring (bicyclic) bond motifs is 4. The van der Waals surface area contributed by atoms with Crippen LogP contribution < -0.4 is 24.8 Å². The smallest absolute Gasteiger partial charge is 1.00 e. The van der Waals surface area contributed by atoms with Crippen molar-refractivity contribution in [3.63, 3.8) is 0 Å². The van der Waals surface area contributed by atoms with E-state index in [0.29, 0.717) is 0 Å². The summed E-state index contributed by atoms with van der Waals surface area (Å²) in [6.45, 7) is 0. The molecule has 170 valence electrons. The molecular formula is C32H24Cl2Zr. The van der Waals surface area contributed by atoms with Gasteiger partial charge < -0.3 is 24.8 Å². The summed E-state index contributed by atoms with van der Waals surface area (Å²) in [4.78, 5) is 0. The second-order valence-electron chi connectivity index (χ2n) is 8.53. The van der Waals surface area contributed by atoms with E-state index in [1.54, 1.807) is 0 Å². The van der Waals surface area contributed by atoms with E-state index in [1.807, 2.05) is 0 Å². The van der Waals surface area contributed by atoms with E-state index >= 15 is 0 Å². The molecule has 6 aromatic carbocycles. The molecule has 2 bridgehead atoms. The van der Waals surface area contributed by atoms with Crippen molar-refractivity contribution in [3.8, 4) is 22.3 Å². The quantitative estimate of drug-likeness (QED) is 0.267. The second-order valence-corrected chi connectivity index (χ2v) is 8.53. The van der Waals surface area contributed by atoms with Gasteiger partial charge in [-0.3, -0.25) is 0 Å². The SMILES string of the molecule is [Cl-].[Cl-].[Zr+4].c1ccc(-c2cccc3[cH-]ccc23)cc1.c1ccc2c(c1)CCc1cc3c-2cccc3[cH-]1. The Labute approximate surface area is 238 Å². The van der Waals surface area contributed by atoms with Gasteiger partial charge in [0.25, 0.3) is 0 Å². The van der Waals surface area contributed by atoms with Crippen molar-refractivity contribution in [3.05, 3.63) is 132 Å². The fourth-order valence-corrected chi connectivity index (χ4v) is 4.99. The first-order valence-electron chi connectivity index (χ1n) is 11.3. The molecular weight excluding hydrogens is 546 g/mol. The summed E-state index contributed by atoms with van der Waals surface area (Å²) < 4.78 is 0. The normalized spacial score (nSPS) is 11.1. The van der Waals surface area contributed by atoms with Crippen LogP contribution >= 0.6 is 0 Å². The second kappa shape index (κ2) is 12.0. The maximum Gasteiger partial charge on any atom is 4.00 e. The third-order valence-corrected chi connectivity index (χ3v) is 6.56. The zero-order chi connectivity index (χ0) is 21.3. The van der Waals surface area contributed by atoms with E-state index < -0.39 is 0 Å². The Morgan fingerprint density at radius 1 is 0.543 bits per heavy atom. The molecule has 0 nitrogen and oxygen atoms in total. The first kappa shape index (κ1) is 27.2. The zero-order valence-corrected chi connectivity index (χ0v) is 23.2. The summed E-state index contributed by atoms with van der Waals surface area (Å²) in [5.74, 6) is 0. The van der Waals surface area contributed by atoms with Crippen LogP contribution in [0, 0.1) is 0 Å². The Morgan fingerprint density at radius 2 is 1.23 bits per heavy atom. The average molecular weight is 571 g/mol. The summed E-state index contributed by atoms with van der Waals surface area (Å²) in [7, 11) is 0. The molecule has 1 aliphatic carbocycles. The Hall–Kier alpha value is -2.44. The molecule has 35 heavy (non-hydrogen) atoms. The number of aryl methyl sites for hydroxylation is 2. The third-order valence-electron chi connectivity index (χ3n) is 6.56. The number of hydrogen-bond donors (Lipinski definition) is 0. The number of rotatable bonds is 1. The van der Waals surface area contributed by atoms with E-state index in [-0.39, 0.29) is 51.0 Å². The molecule has 0 N–H and O–H groups in total. The Kier molecular flexibility index (Phi) is 9.31. The molecule has 0 radical (unpaired) electrons. The molecule has 0 heterocycles. The molecule has 3 heteroatoms. The summed E-state index contributed by atoms with van der Waals surface area (Å²) in [5.41, 5.74) is 8.36. The van der Waals surface area contributed by atoms with Gasteiger partial charge in [-0.2, -0.15) is 18.2 Å². The first-order valence-corrected chi connectivity index (χ1v) is 11.3. The zero-order valence-electron chi connectivity index (χ0n) is 19.2. The standard InChI is InChI=1S/C17H13.C15H11.2ClH.Zr/c1-2-6-15-13(4-1)9-8-12-10-14-5-3-7-16(15)17(14)11-12;1-2-6-12(7-3-1)14-10-4-8-13-9-5-11-15(13)14;;;/h1-7,10-11H,8-9H2;1-11H;2*1H;/q2*-1;;;+4/p-2. The number of hydrogen-bond acceptors (Lipinski definition) is 0. The molecule has 0 atom stereocenters. The minimum Gasteiger partial charge on any atom is -1.00 e. The first-order chi connectivity index (χ1) is 15.9. The maximum absolute atomic E-state index is 2.36. The molecule has 0 saturated heterocycles. The molecule has 1 aliphatic rings. The molecule has 0 unspecified atom stereocenters. The Morgan fingerprint density at radius 3 is 2.06 bits per heavy atom. The van der Waals surface area contributed by atoms with Crippen LogP contribution in [0.5, 0.6) is 0 Å². The molecule has 0 amide bonds. The van der Waals surface area contributed by atoms with Crippen LogP contribution in [0.3, 0.4) is 0 Å². The van der Waals surface area contributed by atoms with Crippen LogP contribution in [0.15, 0.2) is 121 Å². The molecule has 0 saturated carbocycles. The van der Waals surface area contributed by atoms with Crippen molar-refractivity contribution in [1.82, 2.24) is 0 Å². The largest absolute Gasteiger partial charge is 4.00 e. The van der Waals surface area contributed by atoms with Crippen LogP contribution in [0.4, 0.5) is 0 Å². The van der Waals surface area contributed by atoms with Gasteiger partial charge in [0.1, 0.15) is 0 Å². The van der Waals surface area contributed by atoms with Crippen LogP contribution in [-0.2, 0) is 39.0 Å². The monoisotopic (exact) mass is 568 g/mol. The molecule has 0 aromatic heterocycles. The Balaban J connectivity index is 0.000000181.